The number of nitrogens with zero attached hydrogens (tertiary/aromatic N) is 4. The van der Waals surface area contributed by atoms with E-state index < -0.39 is 46.8 Å². The summed E-state index contributed by atoms with van der Waals surface area (Å²) in [7, 11) is 3.15. The Balaban J connectivity index is 1.16. The zero-order valence-electron chi connectivity index (χ0n) is 30.6. The minimum Gasteiger partial charge on any atom is -0.504 e. The number of aryl methyl sites for hydroxylation is 3. The fourth-order valence-electron chi connectivity index (χ4n) is 9.71. The summed E-state index contributed by atoms with van der Waals surface area (Å²) in [6, 6.07) is 17.7. The van der Waals surface area contributed by atoms with Gasteiger partial charge in [0.1, 0.15) is 11.5 Å². The number of thiophene rings is 1. The number of aromatic hydroxyl groups is 1. The fourth-order valence-corrected chi connectivity index (χ4v) is 11.2. The second-order valence-electron chi connectivity index (χ2n) is 15.2. The number of carbonyl (C=O) groups excluding carboxylic acids is 4. The number of hydrogen-bond donors (Lipinski definition) is 1. The molecule has 10 nitrogen and oxygen atoms in total. The number of para-hydroxylation sites is 1. The van der Waals surface area contributed by atoms with Crippen LogP contribution >= 0.6 is 34.5 Å². The second kappa shape index (κ2) is 12.5. The van der Waals surface area contributed by atoms with Gasteiger partial charge in [0.2, 0.25) is 23.6 Å². The molecule has 2 aromatic heterocycles. The Labute approximate surface area is 330 Å². The van der Waals surface area contributed by atoms with Gasteiger partial charge < -0.3 is 9.84 Å². The first-order valence-corrected chi connectivity index (χ1v) is 19.6. The Bertz CT molecular complexity index is 2580. The van der Waals surface area contributed by atoms with Crippen molar-refractivity contribution in [1.29, 1.82) is 0 Å². The van der Waals surface area contributed by atoms with Crippen molar-refractivity contribution in [3.63, 3.8) is 0 Å². The average molecular weight is 796 g/mol. The van der Waals surface area contributed by atoms with Crippen molar-refractivity contribution in [2.75, 3.05) is 16.9 Å². The molecule has 3 fully saturated rings. The molecule has 0 unspecified atom stereocenters. The number of rotatable bonds is 5. The summed E-state index contributed by atoms with van der Waals surface area (Å²) in [5, 5.41) is 18.5. The van der Waals surface area contributed by atoms with Gasteiger partial charge in [-0.25, -0.2) is 9.80 Å². The highest BCUT2D eigenvalue weighted by atomic mass is 35.5. The van der Waals surface area contributed by atoms with Crippen molar-refractivity contribution in [3.05, 3.63) is 99.0 Å². The van der Waals surface area contributed by atoms with Crippen LogP contribution in [0.25, 0.3) is 20.7 Å². The second-order valence-corrected chi connectivity index (χ2v) is 17.1. The van der Waals surface area contributed by atoms with Crippen molar-refractivity contribution < 1.29 is 29.0 Å². The largest absolute Gasteiger partial charge is 0.504 e. The zero-order chi connectivity index (χ0) is 38.8. The van der Waals surface area contributed by atoms with E-state index in [1.165, 1.54) is 16.9 Å². The van der Waals surface area contributed by atoms with Gasteiger partial charge in [0.05, 0.1) is 40.8 Å². The Kier molecular flexibility index (Phi) is 8.13. The summed E-state index contributed by atoms with van der Waals surface area (Å²) in [5.74, 6) is -4.89. The molecule has 1 N–H and O–H groups in total. The van der Waals surface area contributed by atoms with Crippen LogP contribution in [0.15, 0.2) is 72.3 Å². The maximum absolute atomic E-state index is 15.2. The molecule has 13 heteroatoms. The van der Waals surface area contributed by atoms with Crippen LogP contribution in [-0.2, 0) is 26.2 Å². The third-order valence-corrected chi connectivity index (χ3v) is 14.4. The van der Waals surface area contributed by atoms with Crippen LogP contribution in [0.5, 0.6) is 11.5 Å². The molecule has 0 spiro atoms. The first kappa shape index (κ1) is 35.7. The fraction of sp³-hybridized carbons (Fsp3) is 0.310. The lowest BCUT2D eigenvalue weighted by molar-refractivity contribution is -0.131. The highest BCUT2D eigenvalue weighted by molar-refractivity contribution is 7.22. The molecule has 9 rings (SSSR count). The number of imide groups is 2. The Morgan fingerprint density at radius 2 is 1.73 bits per heavy atom. The van der Waals surface area contributed by atoms with Crippen molar-refractivity contribution in [2.45, 2.75) is 39.5 Å². The molecule has 2 saturated heterocycles. The zero-order valence-corrected chi connectivity index (χ0v) is 32.9. The summed E-state index contributed by atoms with van der Waals surface area (Å²) in [5.41, 5.74) is 2.60. The van der Waals surface area contributed by atoms with Crippen LogP contribution in [-0.4, -0.2) is 45.6 Å². The highest BCUT2D eigenvalue weighted by Gasteiger charge is 2.68. The summed E-state index contributed by atoms with van der Waals surface area (Å²) in [4.78, 5) is 61.9. The van der Waals surface area contributed by atoms with Crippen molar-refractivity contribution >= 4 is 79.8 Å². The van der Waals surface area contributed by atoms with E-state index in [2.05, 4.69) is 0 Å². The van der Waals surface area contributed by atoms with Crippen LogP contribution in [0.3, 0.4) is 0 Å². The van der Waals surface area contributed by atoms with Gasteiger partial charge in [-0.2, -0.15) is 5.10 Å². The van der Waals surface area contributed by atoms with Crippen LogP contribution in [0, 0.1) is 42.9 Å². The molecule has 5 aromatic rings. The SMILES string of the molecule is COc1cccc([C@H]2C3=CC[C@@H]4C(=O)N(c5ccc(C)c(Cl)c5)C(=O)[C@@H]4[C@@H]3C[C@H]3C(=O)N(c4cc(-c5sc6ccc(Cl)cc6c5C)nn4C)C(=O)[C@@]23C)c1O. The van der Waals surface area contributed by atoms with Gasteiger partial charge in [0.25, 0.3) is 0 Å². The first-order chi connectivity index (χ1) is 26.3. The molecule has 3 aromatic carbocycles. The van der Waals surface area contributed by atoms with Crippen LogP contribution in [0.2, 0.25) is 10.0 Å². The number of amides is 4. The highest BCUT2D eigenvalue weighted by Crippen LogP contribution is 2.65. The molecule has 2 aliphatic carbocycles. The maximum atomic E-state index is 15.2. The number of carbonyl (C=O) groups is 4. The quantitative estimate of drug-likeness (QED) is 0.140. The molecule has 4 aliphatic rings. The topological polar surface area (TPSA) is 122 Å². The number of benzene rings is 3. The maximum Gasteiger partial charge on any atom is 0.242 e. The summed E-state index contributed by atoms with van der Waals surface area (Å²) >= 11 is 14.3. The van der Waals surface area contributed by atoms with Gasteiger partial charge >= 0.3 is 0 Å². The van der Waals surface area contributed by atoms with E-state index in [1.807, 2.05) is 38.1 Å². The van der Waals surface area contributed by atoms with Crippen LogP contribution in [0.1, 0.15) is 42.4 Å². The van der Waals surface area contributed by atoms with E-state index in [1.54, 1.807) is 72.5 Å². The smallest absolute Gasteiger partial charge is 0.242 e. The number of phenols is 1. The van der Waals surface area contributed by atoms with Crippen LogP contribution < -0.4 is 14.5 Å². The summed E-state index contributed by atoms with van der Waals surface area (Å²) in [6.07, 6.45) is 2.37. The third kappa shape index (κ3) is 4.95. The third-order valence-electron chi connectivity index (χ3n) is 12.5. The lowest BCUT2D eigenvalue weighted by Crippen LogP contribution is -2.49. The molecular formula is C42H36Cl2N4O6S. The van der Waals surface area contributed by atoms with Crippen molar-refractivity contribution in [3.8, 4) is 22.1 Å². The molecule has 0 radical (unpaired) electrons. The van der Waals surface area contributed by atoms with Crippen LogP contribution in [0.4, 0.5) is 11.5 Å². The Hall–Kier alpha value is -4.97. The molecule has 4 amide bonds. The predicted molar refractivity (Wildman–Crippen MR) is 212 cm³/mol. The molecule has 55 heavy (non-hydrogen) atoms. The van der Waals surface area contributed by atoms with Crippen molar-refractivity contribution in [2.24, 2.45) is 36.1 Å². The molecule has 2 aliphatic heterocycles. The number of methoxy groups -OCH3 is 1. The number of fused-ring (bicyclic) bond motifs is 5. The molecule has 4 heterocycles. The minimum atomic E-state index is -1.37. The monoisotopic (exact) mass is 794 g/mol. The van der Waals surface area contributed by atoms with Crippen molar-refractivity contribution in [1.82, 2.24) is 9.78 Å². The molecule has 0 bridgehead atoms. The molecular weight excluding hydrogens is 759 g/mol. The van der Waals surface area contributed by atoms with Gasteiger partial charge in [0, 0.05) is 39.3 Å². The lowest BCUT2D eigenvalue weighted by atomic mass is 9.51. The van der Waals surface area contributed by atoms with E-state index >= 15 is 4.79 Å². The number of aromatic nitrogens is 2. The number of allylic oxidation sites excluding steroid dienone is 2. The molecule has 6 atom stereocenters. The standard InChI is InChI=1S/C42H36Cl2N4O6S/c1-19-9-11-22(16-29(19)44)47-38(50)24-13-12-23-27(34(24)40(47)52)17-28-39(51)48(41(53)42(28,3)35(23)25-7-6-8-31(54-5)36(25)49)33-18-30(45-46(33)4)37-20(2)26-15-21(43)10-14-32(26)55-37/h6-12,14-16,18,24,27-28,34-35,49H,13,17H2,1-5H3/t24-,27+,28-,34-,35+,42+/m0/s1. The van der Waals surface area contributed by atoms with E-state index in [-0.39, 0.29) is 36.2 Å². The van der Waals surface area contributed by atoms with Gasteiger partial charge in [-0.15, -0.1) is 11.3 Å². The normalized spacial score (nSPS) is 26.1. The number of halogens is 2. The molecule has 1 saturated carbocycles. The van der Waals surface area contributed by atoms with E-state index in [4.69, 9.17) is 33.0 Å². The van der Waals surface area contributed by atoms with Gasteiger partial charge in [-0.1, -0.05) is 53.1 Å². The number of phenolic OH excluding ortho intramolecular Hbond substituents is 1. The molecule has 280 valence electrons. The summed E-state index contributed by atoms with van der Waals surface area (Å²) in [6.45, 7) is 5.63. The minimum absolute atomic E-state index is 0.148. The summed E-state index contributed by atoms with van der Waals surface area (Å²) < 4.78 is 8.09. The number of hydrogen-bond acceptors (Lipinski definition) is 8. The average Bonchev–Trinajstić information content (AvgIpc) is 3.83. The lowest BCUT2D eigenvalue weighted by Gasteiger charge is -2.49. The Morgan fingerprint density at radius 3 is 2.47 bits per heavy atom. The van der Waals surface area contributed by atoms with E-state index in [9.17, 15) is 19.5 Å². The van der Waals surface area contributed by atoms with Gasteiger partial charge in [0.15, 0.2) is 11.5 Å². The Morgan fingerprint density at radius 1 is 0.945 bits per heavy atom. The first-order valence-electron chi connectivity index (χ1n) is 18.1. The number of anilines is 2. The van der Waals surface area contributed by atoms with Gasteiger partial charge in [-0.05, 0) is 92.4 Å². The number of ether oxygens (including phenoxy) is 1. The van der Waals surface area contributed by atoms with E-state index in [0.29, 0.717) is 32.8 Å². The van der Waals surface area contributed by atoms with E-state index in [0.717, 1.165) is 31.7 Å². The van der Waals surface area contributed by atoms with Gasteiger partial charge in [-0.3, -0.25) is 23.9 Å². The predicted octanol–water partition coefficient (Wildman–Crippen LogP) is 8.37.